The second-order valence-corrected chi connectivity index (χ2v) is 6.39. The van der Waals surface area contributed by atoms with Gasteiger partial charge in [-0.1, -0.05) is 18.5 Å². The van der Waals surface area contributed by atoms with Crippen LogP contribution in [0.4, 0.5) is 5.69 Å². The third kappa shape index (κ3) is 5.37. The Morgan fingerprint density at radius 3 is 2.81 bits per heavy atom. The topological polar surface area (TPSA) is 102 Å². The Morgan fingerprint density at radius 1 is 1.44 bits per heavy atom. The molecule has 1 amide bonds. The van der Waals surface area contributed by atoms with E-state index in [9.17, 15) is 19.7 Å². The number of carbonyl (C=O) groups excluding carboxylic acids is 2. The van der Waals surface area contributed by atoms with Crippen LogP contribution in [0.2, 0.25) is 5.02 Å². The maximum absolute atomic E-state index is 13.0. The summed E-state index contributed by atoms with van der Waals surface area (Å²) in [6.07, 6.45) is 4.26. The van der Waals surface area contributed by atoms with E-state index in [1.54, 1.807) is 13.1 Å². The minimum Gasteiger partial charge on any atom is -0.466 e. The van der Waals surface area contributed by atoms with Gasteiger partial charge in [0.25, 0.3) is 11.6 Å². The summed E-state index contributed by atoms with van der Waals surface area (Å²) in [5.74, 6) is -0.363. The van der Waals surface area contributed by atoms with Crippen molar-refractivity contribution in [2.24, 2.45) is 10.9 Å². The Kier molecular flexibility index (Phi) is 7.06. The van der Waals surface area contributed by atoms with Gasteiger partial charge in [0.1, 0.15) is 10.8 Å². The fraction of sp³-hybridized carbons (Fsp3) is 0.389. The number of amides is 1. The molecule has 0 N–H and O–H groups in total. The van der Waals surface area contributed by atoms with Gasteiger partial charge in [0.15, 0.2) is 0 Å². The minimum atomic E-state index is -0.651. The lowest BCUT2D eigenvalue weighted by molar-refractivity contribution is -0.384. The summed E-state index contributed by atoms with van der Waals surface area (Å²) in [5, 5.41) is 11.0. The highest BCUT2D eigenvalue weighted by Gasteiger charge is 2.25. The maximum Gasteiger partial charge on any atom is 0.307 e. The number of benzene rings is 1. The second kappa shape index (κ2) is 9.27. The van der Waals surface area contributed by atoms with E-state index in [0.29, 0.717) is 5.82 Å². The average molecular weight is 394 g/mol. The van der Waals surface area contributed by atoms with Crippen molar-refractivity contribution in [2.75, 3.05) is 13.2 Å². The van der Waals surface area contributed by atoms with Crippen LogP contribution in [0.1, 0.15) is 37.0 Å². The van der Waals surface area contributed by atoms with Crippen LogP contribution in [0.15, 0.2) is 35.1 Å². The predicted octanol–water partition coefficient (Wildman–Crippen LogP) is 3.60. The van der Waals surface area contributed by atoms with Crippen LogP contribution in [-0.2, 0) is 9.53 Å². The molecule has 9 heteroatoms. The highest BCUT2D eigenvalue weighted by atomic mass is 35.5. The number of hydrogen-bond donors (Lipinski definition) is 0. The first kappa shape index (κ1) is 20.6. The van der Waals surface area contributed by atoms with E-state index in [4.69, 9.17) is 16.3 Å². The molecular formula is C18H20ClN3O5. The number of hydrogen-bond acceptors (Lipinski definition) is 6. The highest BCUT2D eigenvalue weighted by Crippen LogP contribution is 2.27. The van der Waals surface area contributed by atoms with Crippen molar-refractivity contribution in [1.29, 1.82) is 0 Å². The lowest BCUT2D eigenvalue weighted by atomic mass is 10.1. The fourth-order valence-electron chi connectivity index (χ4n) is 2.54. The lowest BCUT2D eigenvalue weighted by Crippen LogP contribution is -2.33. The Hall–Kier alpha value is -2.74. The molecule has 0 aromatic heterocycles. The molecule has 1 aliphatic heterocycles. The standard InChI is InChI=1S/C18H20ClN3O5/c1-3-27-17(23)7-9-21(16-10-12(2)6-8-20-16)18(24)13-4-5-14(19)15(11-13)22(25)26/h4-5,8,10-12H,3,6-7,9H2,1-2H3. The first-order valence-corrected chi connectivity index (χ1v) is 8.87. The smallest absolute Gasteiger partial charge is 0.307 e. The van der Waals surface area contributed by atoms with Gasteiger partial charge in [-0.15, -0.1) is 0 Å². The molecule has 8 nitrogen and oxygen atoms in total. The molecule has 1 aromatic rings. The van der Waals surface area contributed by atoms with Gasteiger partial charge in [-0.2, -0.15) is 0 Å². The van der Waals surface area contributed by atoms with Crippen molar-refractivity contribution in [1.82, 2.24) is 4.90 Å². The summed E-state index contributed by atoms with van der Waals surface area (Å²) in [4.78, 5) is 40.7. The van der Waals surface area contributed by atoms with Gasteiger partial charge in [-0.25, -0.2) is 4.99 Å². The molecular weight excluding hydrogens is 374 g/mol. The number of nitro groups is 1. The summed E-state index contributed by atoms with van der Waals surface area (Å²) in [6.45, 7) is 3.97. The minimum absolute atomic E-state index is 0.0174. The van der Waals surface area contributed by atoms with E-state index in [1.165, 1.54) is 17.0 Å². The molecule has 0 saturated heterocycles. The van der Waals surface area contributed by atoms with Crippen LogP contribution >= 0.6 is 11.6 Å². The molecule has 0 bridgehead atoms. The number of halogens is 1. The number of carbonyl (C=O) groups is 2. The van der Waals surface area contributed by atoms with Crippen molar-refractivity contribution < 1.29 is 19.2 Å². The third-order valence-corrected chi connectivity index (χ3v) is 4.21. The Morgan fingerprint density at radius 2 is 2.19 bits per heavy atom. The molecule has 0 spiro atoms. The Bertz CT molecular complexity index is 806. The molecule has 2 rings (SSSR count). The van der Waals surface area contributed by atoms with Gasteiger partial charge in [-0.3, -0.25) is 24.6 Å². The van der Waals surface area contributed by atoms with Crippen LogP contribution in [0.5, 0.6) is 0 Å². The van der Waals surface area contributed by atoms with Crippen molar-refractivity contribution in [3.05, 3.63) is 50.8 Å². The number of nitro benzene ring substituents is 1. The molecule has 1 heterocycles. The molecule has 1 aromatic carbocycles. The van der Waals surface area contributed by atoms with E-state index in [-0.39, 0.29) is 41.8 Å². The molecule has 0 aliphatic carbocycles. The number of nitrogens with zero attached hydrogens (tertiary/aromatic N) is 3. The van der Waals surface area contributed by atoms with Crippen molar-refractivity contribution in [3.63, 3.8) is 0 Å². The first-order valence-electron chi connectivity index (χ1n) is 8.49. The van der Waals surface area contributed by atoms with Crippen molar-refractivity contribution in [3.8, 4) is 0 Å². The lowest BCUT2D eigenvalue weighted by Gasteiger charge is -2.25. The summed E-state index contributed by atoms with van der Waals surface area (Å²) in [7, 11) is 0. The monoisotopic (exact) mass is 393 g/mol. The zero-order chi connectivity index (χ0) is 20.0. The van der Waals surface area contributed by atoms with Gasteiger partial charge >= 0.3 is 5.97 Å². The Balaban J connectivity index is 2.33. The summed E-state index contributed by atoms with van der Waals surface area (Å²) < 4.78 is 4.91. The maximum atomic E-state index is 13.0. The van der Waals surface area contributed by atoms with Crippen LogP contribution in [0.3, 0.4) is 0 Å². The van der Waals surface area contributed by atoms with Crippen molar-refractivity contribution >= 4 is 35.4 Å². The van der Waals surface area contributed by atoms with Crippen LogP contribution < -0.4 is 0 Å². The largest absolute Gasteiger partial charge is 0.466 e. The number of rotatable bonds is 7. The predicted molar refractivity (Wildman–Crippen MR) is 101 cm³/mol. The number of ether oxygens (including phenoxy) is 1. The van der Waals surface area contributed by atoms with Crippen molar-refractivity contribution in [2.45, 2.75) is 26.7 Å². The van der Waals surface area contributed by atoms with Gasteiger partial charge in [0.2, 0.25) is 0 Å². The van der Waals surface area contributed by atoms with Gasteiger partial charge in [0.05, 0.1) is 18.0 Å². The molecule has 0 saturated carbocycles. The SMILES string of the molecule is CCOC(=O)CCN(C(=O)c1ccc(Cl)c([N+](=O)[O-])c1)C1=CC(C)CC=N1. The van der Waals surface area contributed by atoms with E-state index >= 15 is 0 Å². The zero-order valence-electron chi connectivity index (χ0n) is 15.1. The van der Waals surface area contributed by atoms with Gasteiger partial charge in [0, 0.05) is 24.4 Å². The summed E-state index contributed by atoms with van der Waals surface area (Å²) >= 11 is 5.82. The molecule has 0 fully saturated rings. The molecule has 1 unspecified atom stereocenters. The zero-order valence-corrected chi connectivity index (χ0v) is 15.8. The normalized spacial score (nSPS) is 15.8. The Labute approximate surface area is 161 Å². The average Bonchev–Trinajstić information content (AvgIpc) is 2.62. The molecule has 0 radical (unpaired) electrons. The molecule has 1 atom stereocenters. The number of aliphatic imine (C=N–C) groups is 1. The second-order valence-electron chi connectivity index (χ2n) is 5.98. The summed E-state index contributed by atoms with van der Waals surface area (Å²) in [6, 6.07) is 3.84. The van der Waals surface area contributed by atoms with Crippen LogP contribution in [0, 0.1) is 16.0 Å². The van der Waals surface area contributed by atoms with E-state index in [1.807, 2.05) is 13.0 Å². The van der Waals surface area contributed by atoms with Gasteiger partial charge in [-0.05, 0) is 37.5 Å². The third-order valence-electron chi connectivity index (χ3n) is 3.89. The molecule has 1 aliphatic rings. The van der Waals surface area contributed by atoms with Crippen LogP contribution in [-0.4, -0.2) is 41.1 Å². The summed E-state index contributed by atoms with van der Waals surface area (Å²) in [5.41, 5.74) is -0.272. The fourth-order valence-corrected chi connectivity index (χ4v) is 2.72. The highest BCUT2D eigenvalue weighted by molar-refractivity contribution is 6.32. The van der Waals surface area contributed by atoms with E-state index in [2.05, 4.69) is 4.99 Å². The van der Waals surface area contributed by atoms with E-state index < -0.39 is 16.8 Å². The number of allylic oxidation sites excluding steroid dienone is 1. The molecule has 144 valence electrons. The first-order chi connectivity index (χ1) is 12.8. The van der Waals surface area contributed by atoms with Crippen LogP contribution in [0.25, 0.3) is 0 Å². The quantitative estimate of drug-likeness (QED) is 0.400. The number of esters is 1. The van der Waals surface area contributed by atoms with E-state index in [0.717, 1.165) is 12.5 Å². The van der Waals surface area contributed by atoms with Gasteiger partial charge < -0.3 is 4.74 Å². The molecule has 27 heavy (non-hydrogen) atoms.